The van der Waals surface area contributed by atoms with Crippen LogP contribution in [0.3, 0.4) is 0 Å². The summed E-state index contributed by atoms with van der Waals surface area (Å²) in [6.07, 6.45) is 6.52. The van der Waals surface area contributed by atoms with Gasteiger partial charge in [-0.2, -0.15) is 0 Å². The molecule has 1 saturated carbocycles. The minimum absolute atomic E-state index is 0.0677. The lowest BCUT2D eigenvalue weighted by atomic mass is 9.71. The minimum atomic E-state index is -0.0677. The van der Waals surface area contributed by atoms with Crippen LogP contribution >= 0.6 is 0 Å². The molecule has 1 amide bonds. The van der Waals surface area contributed by atoms with Gasteiger partial charge in [-0.05, 0) is 31.6 Å². The van der Waals surface area contributed by atoms with Gasteiger partial charge in [0, 0.05) is 7.05 Å². The number of rotatable bonds is 1. The van der Waals surface area contributed by atoms with Gasteiger partial charge in [-0.1, -0.05) is 18.6 Å². The van der Waals surface area contributed by atoms with Crippen molar-refractivity contribution in [1.82, 2.24) is 5.32 Å². The Kier molecular flexibility index (Phi) is 1.94. The SMILES string of the molecule is CNC(=O)C12CC=C(CC(C)C1)C2. The molecule has 0 aliphatic heterocycles. The third kappa shape index (κ3) is 1.28. The third-order valence-corrected chi connectivity index (χ3v) is 3.41. The Bertz CT molecular complexity index is 269. The van der Waals surface area contributed by atoms with Crippen LogP contribution in [0.5, 0.6) is 0 Å². The second kappa shape index (κ2) is 2.86. The van der Waals surface area contributed by atoms with Gasteiger partial charge in [-0.15, -0.1) is 0 Å². The number of nitrogens with one attached hydrogen (secondary N) is 1. The summed E-state index contributed by atoms with van der Waals surface area (Å²) in [4.78, 5) is 11.7. The van der Waals surface area contributed by atoms with Crippen molar-refractivity contribution in [2.24, 2.45) is 11.3 Å². The lowest BCUT2D eigenvalue weighted by Gasteiger charge is -2.34. The second-order valence-electron chi connectivity index (χ2n) is 4.62. The zero-order chi connectivity index (χ0) is 9.47. The van der Waals surface area contributed by atoms with E-state index in [-0.39, 0.29) is 11.3 Å². The molecule has 2 aliphatic rings. The molecule has 0 spiro atoms. The molecule has 0 heterocycles. The second-order valence-corrected chi connectivity index (χ2v) is 4.62. The van der Waals surface area contributed by atoms with Crippen LogP contribution < -0.4 is 5.32 Å². The van der Waals surface area contributed by atoms with Crippen molar-refractivity contribution in [3.8, 4) is 0 Å². The Balaban J connectivity index is 2.21. The zero-order valence-electron chi connectivity index (χ0n) is 8.39. The van der Waals surface area contributed by atoms with Crippen LogP contribution in [0.25, 0.3) is 0 Å². The Morgan fingerprint density at radius 1 is 1.69 bits per heavy atom. The number of allylic oxidation sites excluding steroid dienone is 2. The number of carbonyl (C=O) groups excluding carboxylic acids is 1. The maximum absolute atomic E-state index is 11.7. The van der Waals surface area contributed by atoms with Crippen LogP contribution in [0, 0.1) is 11.3 Å². The molecule has 0 aromatic rings. The highest BCUT2D eigenvalue weighted by atomic mass is 16.2. The maximum atomic E-state index is 11.7. The summed E-state index contributed by atoms with van der Waals surface area (Å²) in [6.45, 7) is 2.25. The van der Waals surface area contributed by atoms with Crippen molar-refractivity contribution in [2.75, 3.05) is 7.05 Å². The topological polar surface area (TPSA) is 29.1 Å². The first-order valence-corrected chi connectivity index (χ1v) is 5.06. The number of carbonyl (C=O) groups is 1. The Labute approximate surface area is 79.4 Å². The fourth-order valence-corrected chi connectivity index (χ4v) is 2.95. The van der Waals surface area contributed by atoms with Crippen molar-refractivity contribution in [3.05, 3.63) is 11.6 Å². The van der Waals surface area contributed by atoms with E-state index in [9.17, 15) is 4.79 Å². The predicted molar refractivity (Wildman–Crippen MR) is 52.2 cm³/mol. The highest BCUT2D eigenvalue weighted by Gasteiger charge is 2.45. The maximum Gasteiger partial charge on any atom is 0.226 e. The average Bonchev–Trinajstić information content (AvgIpc) is 2.42. The van der Waals surface area contributed by atoms with Gasteiger partial charge < -0.3 is 5.32 Å². The van der Waals surface area contributed by atoms with Crippen LogP contribution in [0.1, 0.15) is 32.6 Å². The zero-order valence-corrected chi connectivity index (χ0v) is 8.39. The van der Waals surface area contributed by atoms with E-state index in [2.05, 4.69) is 18.3 Å². The van der Waals surface area contributed by atoms with Crippen molar-refractivity contribution < 1.29 is 4.79 Å². The van der Waals surface area contributed by atoms with E-state index < -0.39 is 0 Å². The van der Waals surface area contributed by atoms with E-state index in [1.807, 2.05) is 0 Å². The van der Waals surface area contributed by atoms with Gasteiger partial charge in [-0.3, -0.25) is 4.79 Å². The molecule has 1 N–H and O–H groups in total. The molecule has 2 rings (SSSR count). The van der Waals surface area contributed by atoms with Gasteiger partial charge in [0.15, 0.2) is 0 Å². The largest absolute Gasteiger partial charge is 0.359 e. The minimum Gasteiger partial charge on any atom is -0.359 e. The summed E-state index contributed by atoms with van der Waals surface area (Å²) < 4.78 is 0. The average molecular weight is 179 g/mol. The first-order valence-electron chi connectivity index (χ1n) is 5.06. The summed E-state index contributed by atoms with van der Waals surface area (Å²) in [5.74, 6) is 0.921. The molecule has 0 saturated heterocycles. The van der Waals surface area contributed by atoms with Crippen LogP contribution in [-0.2, 0) is 4.79 Å². The van der Waals surface area contributed by atoms with Gasteiger partial charge in [0.2, 0.25) is 5.91 Å². The summed E-state index contributed by atoms with van der Waals surface area (Å²) in [6, 6.07) is 0. The van der Waals surface area contributed by atoms with Gasteiger partial charge in [0.1, 0.15) is 0 Å². The lowest BCUT2D eigenvalue weighted by molar-refractivity contribution is -0.131. The van der Waals surface area contributed by atoms with Crippen LogP contribution in [0.15, 0.2) is 11.6 Å². The van der Waals surface area contributed by atoms with E-state index in [0.29, 0.717) is 5.92 Å². The fourth-order valence-electron chi connectivity index (χ4n) is 2.95. The Morgan fingerprint density at radius 2 is 2.46 bits per heavy atom. The number of hydrogen-bond donors (Lipinski definition) is 1. The van der Waals surface area contributed by atoms with Crippen molar-refractivity contribution in [2.45, 2.75) is 32.6 Å². The molecule has 2 nitrogen and oxygen atoms in total. The van der Waals surface area contributed by atoms with Crippen molar-refractivity contribution in [3.63, 3.8) is 0 Å². The van der Waals surface area contributed by atoms with Crippen LogP contribution in [0.2, 0.25) is 0 Å². The summed E-state index contributed by atoms with van der Waals surface area (Å²) >= 11 is 0. The lowest BCUT2D eigenvalue weighted by Crippen LogP contribution is -2.40. The van der Waals surface area contributed by atoms with Gasteiger partial charge >= 0.3 is 0 Å². The molecule has 2 heteroatoms. The molecule has 2 atom stereocenters. The smallest absolute Gasteiger partial charge is 0.226 e. The van der Waals surface area contributed by atoms with Crippen molar-refractivity contribution in [1.29, 1.82) is 0 Å². The quantitative estimate of drug-likeness (QED) is 0.612. The standard InChI is InChI=1S/C11H17NO/c1-8-5-9-3-4-11(6-8,7-9)10(13)12-2/h3,8H,4-7H2,1-2H3,(H,12,13). The molecule has 2 aliphatic carbocycles. The molecule has 2 unspecified atom stereocenters. The molecule has 0 radical (unpaired) electrons. The first kappa shape index (κ1) is 8.79. The normalized spacial score (nSPS) is 37.1. The highest BCUT2D eigenvalue weighted by Crippen LogP contribution is 2.49. The first-order chi connectivity index (χ1) is 6.16. The van der Waals surface area contributed by atoms with Crippen molar-refractivity contribution >= 4 is 5.91 Å². The van der Waals surface area contributed by atoms with E-state index in [1.54, 1.807) is 7.05 Å². The summed E-state index contributed by atoms with van der Waals surface area (Å²) in [7, 11) is 1.74. The van der Waals surface area contributed by atoms with Gasteiger partial charge in [0.25, 0.3) is 0 Å². The number of amides is 1. The van der Waals surface area contributed by atoms with Gasteiger partial charge in [-0.25, -0.2) is 0 Å². The number of fused-ring (bicyclic) bond motifs is 2. The molecule has 2 bridgehead atoms. The summed E-state index contributed by atoms with van der Waals surface area (Å²) in [5.41, 5.74) is 1.43. The summed E-state index contributed by atoms with van der Waals surface area (Å²) in [5, 5.41) is 2.80. The predicted octanol–water partition coefficient (Wildman–Crippen LogP) is 1.87. The fraction of sp³-hybridized carbons (Fsp3) is 0.727. The highest BCUT2D eigenvalue weighted by molar-refractivity contribution is 5.83. The Hall–Kier alpha value is -0.790. The molecule has 0 aromatic carbocycles. The molecule has 1 fully saturated rings. The van der Waals surface area contributed by atoms with E-state index >= 15 is 0 Å². The van der Waals surface area contributed by atoms with Gasteiger partial charge in [0.05, 0.1) is 5.41 Å². The molecular formula is C11H17NO. The van der Waals surface area contributed by atoms with E-state index in [4.69, 9.17) is 0 Å². The number of hydrogen-bond acceptors (Lipinski definition) is 1. The van der Waals surface area contributed by atoms with Crippen LogP contribution in [-0.4, -0.2) is 13.0 Å². The molecule has 72 valence electrons. The molecular weight excluding hydrogens is 162 g/mol. The van der Waals surface area contributed by atoms with Crippen LogP contribution in [0.4, 0.5) is 0 Å². The van der Waals surface area contributed by atoms with E-state index in [1.165, 1.54) is 12.0 Å². The third-order valence-electron chi connectivity index (χ3n) is 3.41. The van der Waals surface area contributed by atoms with E-state index in [0.717, 1.165) is 19.3 Å². The Morgan fingerprint density at radius 3 is 3.15 bits per heavy atom. The molecule has 0 aromatic heterocycles. The monoisotopic (exact) mass is 179 g/mol. The molecule has 13 heavy (non-hydrogen) atoms.